The third kappa shape index (κ3) is 64.1. The third-order valence-electron chi connectivity index (χ3n) is 7.08. The number of nitrogens with two attached hydrogens (primary N) is 3. The van der Waals surface area contributed by atoms with E-state index in [9.17, 15) is 9.59 Å². The summed E-state index contributed by atoms with van der Waals surface area (Å²) >= 11 is 0. The van der Waals surface area contributed by atoms with Crippen LogP contribution >= 0.6 is 0 Å². The first-order chi connectivity index (χ1) is 22.4. The maximum atomic E-state index is 10.9. The summed E-state index contributed by atoms with van der Waals surface area (Å²) in [5.74, 6) is 0.274. The van der Waals surface area contributed by atoms with Crippen molar-refractivity contribution in [1.82, 2.24) is 20.0 Å². The van der Waals surface area contributed by atoms with Crippen LogP contribution in [0, 0.1) is 0 Å². The number of rotatable bonds is 25. The molecule has 0 radical (unpaired) electrons. The summed E-state index contributed by atoms with van der Waals surface area (Å²) in [5.41, 5.74) is 16.5. The average Bonchev–Trinajstić information content (AvgIpc) is 3.02. The molecule has 0 spiro atoms. The SMILES string of the molecule is CCCC(=O)NCCN(C)C.CCCCC.CCCCCCC(N)C(C)=O.CCCCN(C)C.CCCN(CCN)CCCCCN. The van der Waals surface area contributed by atoms with Crippen LogP contribution in [0.4, 0.5) is 0 Å². The van der Waals surface area contributed by atoms with Crippen molar-refractivity contribution in [3.8, 4) is 0 Å². The van der Waals surface area contributed by atoms with E-state index in [0.717, 1.165) is 58.4 Å². The van der Waals surface area contributed by atoms with Crippen LogP contribution in [0.3, 0.4) is 0 Å². The van der Waals surface area contributed by atoms with Crippen LogP contribution in [0.5, 0.6) is 0 Å². The zero-order chi connectivity index (χ0) is 37.1. The fourth-order valence-electron chi connectivity index (χ4n) is 4.05. The van der Waals surface area contributed by atoms with Gasteiger partial charge in [0, 0.05) is 32.6 Å². The second kappa shape index (κ2) is 49.3. The van der Waals surface area contributed by atoms with E-state index >= 15 is 0 Å². The molecule has 0 heterocycles. The molecule has 47 heavy (non-hydrogen) atoms. The molecule has 0 aliphatic heterocycles. The molecule has 9 heteroatoms. The van der Waals surface area contributed by atoms with Crippen LogP contribution < -0.4 is 22.5 Å². The number of nitrogens with zero attached hydrogens (tertiary/aromatic N) is 3. The molecule has 0 aromatic heterocycles. The van der Waals surface area contributed by atoms with Gasteiger partial charge in [0.1, 0.15) is 5.78 Å². The zero-order valence-corrected chi connectivity index (χ0v) is 33.9. The summed E-state index contributed by atoms with van der Waals surface area (Å²) < 4.78 is 0. The number of carbonyl (C=O) groups excluding carboxylic acids is 2. The van der Waals surface area contributed by atoms with Crippen LogP contribution in [0.1, 0.15) is 151 Å². The van der Waals surface area contributed by atoms with Crippen molar-refractivity contribution < 1.29 is 9.59 Å². The van der Waals surface area contributed by atoms with Gasteiger partial charge in [-0.15, -0.1) is 0 Å². The van der Waals surface area contributed by atoms with E-state index in [1.807, 2.05) is 25.9 Å². The lowest BCUT2D eigenvalue weighted by Gasteiger charge is -2.20. The first kappa shape index (κ1) is 55.3. The molecule has 1 atom stereocenters. The first-order valence-corrected chi connectivity index (χ1v) is 19.3. The Morgan fingerprint density at radius 1 is 0.574 bits per heavy atom. The van der Waals surface area contributed by atoms with Crippen molar-refractivity contribution >= 4 is 11.7 Å². The fraction of sp³-hybridized carbons (Fsp3) is 0.947. The van der Waals surface area contributed by atoms with Gasteiger partial charge in [-0.05, 0) is 99.8 Å². The molecule has 288 valence electrons. The van der Waals surface area contributed by atoms with E-state index in [-0.39, 0.29) is 17.7 Å². The minimum absolute atomic E-state index is 0.112. The maximum absolute atomic E-state index is 10.9. The van der Waals surface area contributed by atoms with Gasteiger partial charge in [-0.2, -0.15) is 0 Å². The molecule has 0 rings (SSSR count). The smallest absolute Gasteiger partial charge is 0.220 e. The fourth-order valence-corrected chi connectivity index (χ4v) is 4.05. The van der Waals surface area contributed by atoms with E-state index < -0.39 is 0 Å². The van der Waals surface area contributed by atoms with Gasteiger partial charge in [0.05, 0.1) is 6.04 Å². The maximum Gasteiger partial charge on any atom is 0.220 e. The number of likely N-dealkylation sites (N-methyl/N-ethyl adjacent to an activating group) is 1. The predicted molar refractivity (Wildman–Crippen MR) is 211 cm³/mol. The molecule has 7 N–H and O–H groups in total. The van der Waals surface area contributed by atoms with Crippen LogP contribution in [0.15, 0.2) is 0 Å². The van der Waals surface area contributed by atoms with E-state index in [1.165, 1.54) is 90.3 Å². The normalized spacial score (nSPS) is 10.9. The Kier molecular flexibility index (Phi) is 58.0. The number of nitrogens with one attached hydrogen (secondary N) is 1. The van der Waals surface area contributed by atoms with Crippen molar-refractivity contribution in [3.05, 3.63) is 0 Å². The van der Waals surface area contributed by atoms with Crippen LogP contribution in [-0.4, -0.2) is 113 Å². The van der Waals surface area contributed by atoms with Gasteiger partial charge in [-0.25, -0.2) is 0 Å². The van der Waals surface area contributed by atoms with Gasteiger partial charge in [0.2, 0.25) is 5.91 Å². The summed E-state index contributed by atoms with van der Waals surface area (Å²) in [6.07, 6.45) is 18.8. The highest BCUT2D eigenvalue weighted by Gasteiger charge is 2.06. The Morgan fingerprint density at radius 3 is 1.51 bits per heavy atom. The molecular weight excluding hydrogens is 586 g/mol. The number of unbranched alkanes of at least 4 members (excludes halogenated alkanes) is 8. The number of carbonyl (C=O) groups is 2. The molecule has 1 unspecified atom stereocenters. The number of hydrogen-bond donors (Lipinski definition) is 4. The minimum Gasteiger partial charge on any atom is -0.355 e. The lowest BCUT2D eigenvalue weighted by molar-refractivity contribution is -0.121. The Morgan fingerprint density at radius 2 is 1.13 bits per heavy atom. The van der Waals surface area contributed by atoms with Crippen molar-refractivity contribution in [3.63, 3.8) is 0 Å². The molecule has 0 bridgehead atoms. The quantitative estimate of drug-likeness (QED) is 0.0789. The second-order valence-electron chi connectivity index (χ2n) is 13.0. The standard InChI is InChI=1S/C10H25N3.C9H19NO.C8H18N2O.C6H15N.C5H12/c1-2-8-13(10-7-12)9-5-3-4-6-11;1-3-4-5-6-7-9(10)8(2)11;1-4-5-8(11)9-6-7-10(2)3;1-4-5-6-7(2)3;1-3-5-4-2/h2-12H2,1H3;9H,3-7,10H2,1-2H3;4-7H2,1-3H3,(H,9,11);4-6H2,1-3H3;3-5H2,1-2H3. The van der Waals surface area contributed by atoms with Crippen LogP contribution in [-0.2, 0) is 9.59 Å². The molecule has 0 saturated carbocycles. The van der Waals surface area contributed by atoms with Gasteiger partial charge in [0.15, 0.2) is 0 Å². The Bertz CT molecular complexity index is 570. The average molecular weight is 676 g/mol. The summed E-state index contributed by atoms with van der Waals surface area (Å²) in [4.78, 5) is 28.3. The monoisotopic (exact) mass is 676 g/mol. The highest BCUT2D eigenvalue weighted by Crippen LogP contribution is 2.04. The van der Waals surface area contributed by atoms with E-state index in [0.29, 0.717) is 6.42 Å². The Labute approximate surface area is 295 Å². The number of amides is 1. The third-order valence-corrected chi connectivity index (χ3v) is 7.08. The summed E-state index contributed by atoms with van der Waals surface area (Å²) in [6, 6.07) is -0.216. The number of ketones is 1. The molecule has 0 aliphatic carbocycles. The molecule has 1 amide bonds. The van der Waals surface area contributed by atoms with Gasteiger partial charge in [-0.3, -0.25) is 9.59 Å². The van der Waals surface area contributed by atoms with Crippen molar-refractivity contribution in [2.75, 3.05) is 80.5 Å². The van der Waals surface area contributed by atoms with Gasteiger partial charge in [-0.1, -0.05) is 99.3 Å². The minimum atomic E-state index is -0.216. The van der Waals surface area contributed by atoms with Gasteiger partial charge >= 0.3 is 0 Å². The van der Waals surface area contributed by atoms with E-state index in [1.54, 1.807) is 6.92 Å². The van der Waals surface area contributed by atoms with Crippen LogP contribution in [0.2, 0.25) is 0 Å². The van der Waals surface area contributed by atoms with Gasteiger partial charge < -0.3 is 37.2 Å². The molecule has 0 aromatic rings. The van der Waals surface area contributed by atoms with Crippen molar-refractivity contribution in [1.29, 1.82) is 0 Å². The van der Waals surface area contributed by atoms with Crippen LogP contribution in [0.25, 0.3) is 0 Å². The van der Waals surface area contributed by atoms with Crippen molar-refractivity contribution in [2.24, 2.45) is 17.2 Å². The van der Waals surface area contributed by atoms with Crippen molar-refractivity contribution in [2.45, 2.75) is 157 Å². The summed E-state index contributed by atoms with van der Waals surface area (Å²) in [7, 11) is 8.20. The zero-order valence-electron chi connectivity index (χ0n) is 33.9. The number of hydrogen-bond acceptors (Lipinski definition) is 8. The number of Topliss-reactive ketones (excluding diaryl/α,β-unsaturated/α-hetero) is 1. The highest BCUT2D eigenvalue weighted by molar-refractivity contribution is 5.81. The molecular formula is C38H89N7O2. The lowest BCUT2D eigenvalue weighted by Crippen LogP contribution is -2.31. The van der Waals surface area contributed by atoms with E-state index in [2.05, 4.69) is 63.8 Å². The second-order valence-corrected chi connectivity index (χ2v) is 13.0. The topological polar surface area (TPSA) is 134 Å². The van der Waals surface area contributed by atoms with Gasteiger partial charge in [0.25, 0.3) is 0 Å². The predicted octanol–water partition coefficient (Wildman–Crippen LogP) is 6.67. The highest BCUT2D eigenvalue weighted by atomic mass is 16.1. The molecule has 9 nitrogen and oxygen atoms in total. The molecule has 0 aromatic carbocycles. The molecule has 0 aliphatic rings. The first-order valence-electron chi connectivity index (χ1n) is 19.3. The van der Waals surface area contributed by atoms with E-state index in [4.69, 9.17) is 17.2 Å². The summed E-state index contributed by atoms with van der Waals surface area (Å²) in [5, 5.41) is 2.83. The lowest BCUT2D eigenvalue weighted by atomic mass is 10.1. The Hall–Kier alpha value is -1.10. The Balaban J connectivity index is -0.000000162. The largest absolute Gasteiger partial charge is 0.355 e. The molecule has 0 saturated heterocycles. The molecule has 0 fully saturated rings. The summed E-state index contributed by atoms with van der Waals surface area (Å²) in [6.45, 7) is 22.5.